The second-order valence-electron chi connectivity index (χ2n) is 8.13. The molecule has 0 radical (unpaired) electrons. The Balaban J connectivity index is 1.25. The van der Waals surface area contributed by atoms with Gasteiger partial charge in [-0.2, -0.15) is 4.98 Å². The standard InChI is InChI=1S/C24H25N3O3/c28-23(24(13-14-24)19-10-5-2-6-11-19)27-15-7-12-20(27)22-25-21(30-26-22)17-29-16-18-8-3-1-4-9-18/h1-6,8-11,20H,7,12-17H2. The van der Waals surface area contributed by atoms with Crippen LogP contribution in [-0.2, 0) is 28.2 Å². The Morgan fingerprint density at radius 3 is 2.53 bits per heavy atom. The number of benzene rings is 2. The third-order valence-corrected chi connectivity index (χ3v) is 6.12. The highest BCUT2D eigenvalue weighted by atomic mass is 16.5. The number of carbonyl (C=O) groups excluding carboxylic acids is 1. The summed E-state index contributed by atoms with van der Waals surface area (Å²) in [4.78, 5) is 20.0. The lowest BCUT2D eigenvalue weighted by molar-refractivity contribution is -0.135. The highest BCUT2D eigenvalue weighted by Gasteiger charge is 2.54. The summed E-state index contributed by atoms with van der Waals surface area (Å²) in [5.41, 5.74) is 1.85. The van der Waals surface area contributed by atoms with Gasteiger partial charge in [-0.3, -0.25) is 4.79 Å². The molecule has 1 unspecified atom stereocenters. The molecule has 5 rings (SSSR count). The van der Waals surface area contributed by atoms with Crippen LogP contribution in [0.15, 0.2) is 65.2 Å². The molecular weight excluding hydrogens is 378 g/mol. The molecule has 2 aliphatic rings. The maximum Gasteiger partial charge on any atom is 0.252 e. The van der Waals surface area contributed by atoms with Gasteiger partial charge in [-0.05, 0) is 36.8 Å². The highest BCUT2D eigenvalue weighted by molar-refractivity contribution is 5.91. The molecule has 6 heteroatoms. The number of carbonyl (C=O) groups is 1. The van der Waals surface area contributed by atoms with Crippen LogP contribution in [0.4, 0.5) is 0 Å². The van der Waals surface area contributed by atoms with Crippen LogP contribution in [0.5, 0.6) is 0 Å². The maximum atomic E-state index is 13.5. The zero-order valence-electron chi connectivity index (χ0n) is 16.9. The lowest BCUT2D eigenvalue weighted by Gasteiger charge is -2.27. The number of ether oxygens (including phenoxy) is 1. The largest absolute Gasteiger partial charge is 0.367 e. The second-order valence-corrected chi connectivity index (χ2v) is 8.13. The number of nitrogens with zero attached hydrogens (tertiary/aromatic N) is 3. The first kappa shape index (κ1) is 19.0. The predicted octanol–water partition coefficient (Wildman–Crippen LogP) is 4.18. The van der Waals surface area contributed by atoms with Gasteiger partial charge in [0.1, 0.15) is 6.61 Å². The Labute approximate surface area is 175 Å². The Morgan fingerprint density at radius 1 is 1.07 bits per heavy atom. The lowest BCUT2D eigenvalue weighted by Crippen LogP contribution is -2.39. The summed E-state index contributed by atoms with van der Waals surface area (Å²) in [7, 11) is 0. The summed E-state index contributed by atoms with van der Waals surface area (Å²) in [6, 6.07) is 20.0. The van der Waals surface area contributed by atoms with E-state index in [1.54, 1.807) is 0 Å². The molecule has 1 atom stereocenters. The van der Waals surface area contributed by atoms with Gasteiger partial charge < -0.3 is 14.2 Å². The summed E-state index contributed by atoms with van der Waals surface area (Å²) >= 11 is 0. The van der Waals surface area contributed by atoms with E-state index in [0.29, 0.717) is 18.3 Å². The maximum absolute atomic E-state index is 13.5. The molecule has 0 N–H and O–H groups in total. The van der Waals surface area contributed by atoms with Crippen molar-refractivity contribution in [2.24, 2.45) is 0 Å². The molecule has 2 heterocycles. The smallest absolute Gasteiger partial charge is 0.252 e. The topological polar surface area (TPSA) is 68.5 Å². The summed E-state index contributed by atoms with van der Waals surface area (Å²) in [5, 5.41) is 4.17. The van der Waals surface area contributed by atoms with Crippen LogP contribution in [0.25, 0.3) is 0 Å². The van der Waals surface area contributed by atoms with Crippen LogP contribution in [-0.4, -0.2) is 27.5 Å². The van der Waals surface area contributed by atoms with Crippen molar-refractivity contribution < 1.29 is 14.1 Å². The van der Waals surface area contributed by atoms with Crippen LogP contribution in [0.3, 0.4) is 0 Å². The van der Waals surface area contributed by atoms with Gasteiger partial charge in [-0.15, -0.1) is 0 Å². The van der Waals surface area contributed by atoms with E-state index in [0.717, 1.165) is 43.4 Å². The third-order valence-electron chi connectivity index (χ3n) is 6.12. The molecule has 0 bridgehead atoms. The Kier molecular flexibility index (Phi) is 5.09. The van der Waals surface area contributed by atoms with E-state index in [9.17, 15) is 4.79 Å². The van der Waals surface area contributed by atoms with Crippen molar-refractivity contribution in [1.29, 1.82) is 0 Å². The first-order chi connectivity index (χ1) is 14.8. The molecular formula is C24H25N3O3. The Bertz CT molecular complexity index is 999. The predicted molar refractivity (Wildman–Crippen MR) is 110 cm³/mol. The van der Waals surface area contributed by atoms with Crippen molar-refractivity contribution in [3.63, 3.8) is 0 Å². The molecule has 1 saturated carbocycles. The van der Waals surface area contributed by atoms with Crippen molar-refractivity contribution >= 4 is 5.91 Å². The van der Waals surface area contributed by atoms with Gasteiger partial charge in [-0.1, -0.05) is 65.8 Å². The van der Waals surface area contributed by atoms with Crippen LogP contribution >= 0.6 is 0 Å². The first-order valence-electron chi connectivity index (χ1n) is 10.6. The Morgan fingerprint density at radius 2 is 1.80 bits per heavy atom. The molecule has 2 aromatic carbocycles. The average Bonchev–Trinajstić information content (AvgIpc) is 3.23. The van der Waals surface area contributed by atoms with E-state index in [4.69, 9.17) is 9.26 Å². The van der Waals surface area contributed by atoms with E-state index >= 15 is 0 Å². The SMILES string of the molecule is O=C(N1CCCC1c1noc(COCc2ccccc2)n1)C1(c2ccccc2)CC1. The number of amides is 1. The fourth-order valence-electron chi connectivity index (χ4n) is 4.35. The molecule has 0 spiro atoms. The zero-order chi connectivity index (χ0) is 20.4. The molecule has 6 nitrogen and oxygen atoms in total. The van der Waals surface area contributed by atoms with E-state index in [1.165, 1.54) is 0 Å². The minimum absolute atomic E-state index is 0.120. The van der Waals surface area contributed by atoms with E-state index in [-0.39, 0.29) is 24.0 Å². The van der Waals surface area contributed by atoms with E-state index < -0.39 is 0 Å². The molecule has 1 amide bonds. The molecule has 154 valence electrons. The number of hydrogen-bond acceptors (Lipinski definition) is 5. The molecule has 1 saturated heterocycles. The Hall–Kier alpha value is -2.99. The number of aromatic nitrogens is 2. The van der Waals surface area contributed by atoms with E-state index in [2.05, 4.69) is 22.3 Å². The van der Waals surface area contributed by atoms with Gasteiger partial charge >= 0.3 is 0 Å². The van der Waals surface area contributed by atoms with Crippen molar-refractivity contribution in [3.8, 4) is 0 Å². The molecule has 2 fully saturated rings. The minimum Gasteiger partial charge on any atom is -0.367 e. The summed E-state index contributed by atoms with van der Waals surface area (Å²) in [6.07, 6.45) is 3.63. The minimum atomic E-state index is -0.366. The fourth-order valence-corrected chi connectivity index (χ4v) is 4.35. The molecule has 30 heavy (non-hydrogen) atoms. The fraction of sp³-hybridized carbons (Fsp3) is 0.375. The van der Waals surface area contributed by atoms with Crippen molar-refractivity contribution in [2.45, 2.75) is 50.4 Å². The zero-order valence-corrected chi connectivity index (χ0v) is 16.9. The summed E-state index contributed by atoms with van der Waals surface area (Å²) < 4.78 is 11.1. The lowest BCUT2D eigenvalue weighted by atomic mass is 9.94. The first-order valence-corrected chi connectivity index (χ1v) is 10.6. The van der Waals surface area contributed by atoms with Crippen LogP contribution in [0.1, 0.15) is 54.6 Å². The van der Waals surface area contributed by atoms with Gasteiger partial charge in [0.05, 0.1) is 18.1 Å². The average molecular weight is 403 g/mol. The summed E-state index contributed by atoms with van der Waals surface area (Å²) in [6.45, 7) is 1.50. The molecule has 1 aromatic heterocycles. The second kappa shape index (κ2) is 8.03. The molecule has 1 aliphatic carbocycles. The van der Waals surface area contributed by atoms with Gasteiger partial charge in [-0.25, -0.2) is 0 Å². The number of rotatable bonds is 7. The van der Waals surface area contributed by atoms with Gasteiger partial charge in [0.25, 0.3) is 5.89 Å². The van der Waals surface area contributed by atoms with Crippen LogP contribution in [0.2, 0.25) is 0 Å². The quantitative estimate of drug-likeness (QED) is 0.592. The summed E-state index contributed by atoms with van der Waals surface area (Å²) in [5.74, 6) is 1.23. The van der Waals surface area contributed by atoms with Crippen molar-refractivity contribution in [1.82, 2.24) is 15.0 Å². The molecule has 1 aliphatic heterocycles. The van der Waals surface area contributed by atoms with Crippen molar-refractivity contribution in [2.75, 3.05) is 6.54 Å². The normalized spacial score (nSPS) is 19.7. The third kappa shape index (κ3) is 3.63. The van der Waals surface area contributed by atoms with Crippen LogP contribution in [0, 0.1) is 0 Å². The monoisotopic (exact) mass is 403 g/mol. The number of hydrogen-bond donors (Lipinski definition) is 0. The van der Waals surface area contributed by atoms with Crippen molar-refractivity contribution in [3.05, 3.63) is 83.5 Å². The van der Waals surface area contributed by atoms with E-state index in [1.807, 2.05) is 53.4 Å². The molecule has 3 aromatic rings. The van der Waals surface area contributed by atoms with Crippen LogP contribution < -0.4 is 0 Å². The van der Waals surface area contributed by atoms with Gasteiger partial charge in [0.2, 0.25) is 5.91 Å². The van der Waals surface area contributed by atoms with Gasteiger partial charge in [0.15, 0.2) is 5.82 Å². The van der Waals surface area contributed by atoms with Gasteiger partial charge in [0, 0.05) is 6.54 Å². The number of likely N-dealkylation sites (tertiary alicyclic amines) is 1. The highest BCUT2D eigenvalue weighted by Crippen LogP contribution is 2.51.